The Labute approximate surface area is 157 Å². The van der Waals surface area contributed by atoms with Crippen LogP contribution in [0, 0.1) is 5.82 Å². The summed E-state index contributed by atoms with van der Waals surface area (Å²) in [5.74, 6) is -0.489. The van der Waals surface area contributed by atoms with Gasteiger partial charge in [0.2, 0.25) is 0 Å². The van der Waals surface area contributed by atoms with Crippen molar-refractivity contribution >= 4 is 38.2 Å². The van der Waals surface area contributed by atoms with Gasteiger partial charge >= 0.3 is 15.5 Å². The summed E-state index contributed by atoms with van der Waals surface area (Å²) < 4.78 is 77.3. The third kappa shape index (κ3) is 3.61. The number of alkyl halides is 3. The van der Waals surface area contributed by atoms with Gasteiger partial charge in [0.15, 0.2) is 0 Å². The topological polar surface area (TPSA) is 51.1 Å². The maximum atomic E-state index is 13.3. The first-order valence-corrected chi connectivity index (χ1v) is 9.51. The van der Waals surface area contributed by atoms with Crippen molar-refractivity contribution in [2.45, 2.75) is 18.5 Å². The van der Waals surface area contributed by atoms with Gasteiger partial charge in [-0.05, 0) is 42.8 Å². The SMILES string of the molecule is CC(c1ccc(F)cc1Cl)n1ccc2c(NS(=O)(=O)C(F)(F)F)cccc21. The molecule has 1 unspecified atom stereocenters. The molecule has 0 saturated heterocycles. The van der Waals surface area contributed by atoms with Gasteiger partial charge in [-0.15, -0.1) is 0 Å². The normalized spacial score (nSPS) is 13.7. The monoisotopic (exact) mass is 420 g/mol. The molecule has 4 nitrogen and oxygen atoms in total. The summed E-state index contributed by atoms with van der Waals surface area (Å²) in [6.07, 6.45) is 1.60. The minimum Gasteiger partial charge on any atom is -0.340 e. The molecule has 0 aliphatic carbocycles. The third-order valence-corrected chi connectivity index (χ3v) is 5.57. The van der Waals surface area contributed by atoms with Crippen LogP contribution in [-0.4, -0.2) is 18.5 Å². The summed E-state index contributed by atoms with van der Waals surface area (Å²) in [6.45, 7) is 1.78. The lowest BCUT2D eigenvalue weighted by atomic mass is 10.1. The first-order chi connectivity index (χ1) is 12.5. The standard InChI is InChI=1S/C17H13ClF4N2O2S/c1-10(12-6-5-11(19)9-14(12)18)24-8-7-13-15(3-2-4-16(13)24)23-27(25,26)17(20,21)22/h2-10,23H,1H3. The summed E-state index contributed by atoms with van der Waals surface area (Å²) in [6, 6.07) is 9.38. The first kappa shape index (κ1) is 19.5. The van der Waals surface area contributed by atoms with Crippen LogP contribution in [0.5, 0.6) is 0 Å². The molecule has 3 aromatic rings. The van der Waals surface area contributed by atoms with Crippen LogP contribution in [-0.2, 0) is 10.0 Å². The number of hydrogen-bond acceptors (Lipinski definition) is 2. The Morgan fingerprint density at radius 3 is 2.48 bits per heavy atom. The molecule has 0 aliphatic heterocycles. The quantitative estimate of drug-likeness (QED) is 0.582. The Morgan fingerprint density at radius 1 is 1.15 bits per heavy atom. The molecule has 0 radical (unpaired) electrons. The van der Waals surface area contributed by atoms with Crippen LogP contribution >= 0.6 is 11.6 Å². The number of rotatable bonds is 4. The highest BCUT2D eigenvalue weighted by Gasteiger charge is 2.46. The Balaban J connectivity index is 2.06. The number of nitrogens with one attached hydrogen (secondary N) is 1. The highest BCUT2D eigenvalue weighted by Crippen LogP contribution is 2.34. The molecule has 1 aromatic heterocycles. The maximum Gasteiger partial charge on any atom is 0.516 e. The minimum atomic E-state index is -5.54. The van der Waals surface area contributed by atoms with Crippen molar-refractivity contribution in [2.24, 2.45) is 0 Å². The van der Waals surface area contributed by atoms with Gasteiger partial charge in [-0.3, -0.25) is 4.72 Å². The maximum absolute atomic E-state index is 13.3. The van der Waals surface area contributed by atoms with E-state index in [1.54, 1.807) is 28.5 Å². The molecule has 0 bridgehead atoms. The van der Waals surface area contributed by atoms with E-state index in [-0.39, 0.29) is 22.1 Å². The molecule has 27 heavy (non-hydrogen) atoms. The molecule has 10 heteroatoms. The highest BCUT2D eigenvalue weighted by molar-refractivity contribution is 7.93. The number of sulfonamides is 1. The Kier molecular flexibility index (Phi) is 4.85. The number of benzene rings is 2. The molecule has 0 amide bonds. The van der Waals surface area contributed by atoms with Gasteiger partial charge in [0.1, 0.15) is 5.82 Å². The number of hydrogen-bond donors (Lipinski definition) is 1. The fourth-order valence-corrected chi connectivity index (χ4v) is 3.72. The van der Waals surface area contributed by atoms with Crippen molar-refractivity contribution in [3.05, 3.63) is 65.1 Å². The van der Waals surface area contributed by atoms with Crippen LogP contribution in [0.15, 0.2) is 48.7 Å². The third-order valence-electron chi connectivity index (χ3n) is 4.14. The zero-order chi connectivity index (χ0) is 20.0. The van der Waals surface area contributed by atoms with Crippen molar-refractivity contribution < 1.29 is 26.0 Å². The number of nitrogens with zero attached hydrogens (tertiary/aromatic N) is 1. The number of fused-ring (bicyclic) bond motifs is 1. The van der Waals surface area contributed by atoms with Gasteiger partial charge < -0.3 is 4.57 Å². The second kappa shape index (κ2) is 6.72. The van der Waals surface area contributed by atoms with Crippen LogP contribution in [0.3, 0.4) is 0 Å². The lowest BCUT2D eigenvalue weighted by Crippen LogP contribution is -2.29. The fraction of sp³-hybridized carbons (Fsp3) is 0.176. The lowest BCUT2D eigenvalue weighted by molar-refractivity contribution is -0.0429. The van der Waals surface area contributed by atoms with Crippen LogP contribution in [0.4, 0.5) is 23.2 Å². The summed E-state index contributed by atoms with van der Waals surface area (Å²) >= 11 is 6.09. The molecule has 144 valence electrons. The molecule has 1 N–H and O–H groups in total. The van der Waals surface area contributed by atoms with Crippen molar-refractivity contribution in [2.75, 3.05) is 4.72 Å². The first-order valence-electron chi connectivity index (χ1n) is 7.65. The van der Waals surface area contributed by atoms with Crippen LogP contribution < -0.4 is 4.72 Å². The summed E-state index contributed by atoms with van der Waals surface area (Å²) in [4.78, 5) is 0. The second-order valence-electron chi connectivity index (χ2n) is 5.85. The molecule has 1 heterocycles. The molecule has 0 saturated carbocycles. The predicted molar refractivity (Wildman–Crippen MR) is 95.8 cm³/mol. The molecule has 3 rings (SSSR count). The van der Waals surface area contributed by atoms with E-state index in [0.29, 0.717) is 11.1 Å². The Bertz CT molecular complexity index is 1110. The lowest BCUT2D eigenvalue weighted by Gasteiger charge is -2.18. The van der Waals surface area contributed by atoms with E-state index in [0.717, 1.165) is 0 Å². The van der Waals surface area contributed by atoms with Crippen LogP contribution in [0.2, 0.25) is 5.02 Å². The number of halogens is 5. The predicted octanol–water partition coefficient (Wildman–Crippen LogP) is 5.30. The van der Waals surface area contributed by atoms with Crippen molar-refractivity contribution in [1.29, 1.82) is 0 Å². The smallest absolute Gasteiger partial charge is 0.340 e. The average molecular weight is 421 g/mol. The molecule has 2 aromatic carbocycles. The van der Waals surface area contributed by atoms with Crippen molar-refractivity contribution in [3.63, 3.8) is 0 Å². The van der Waals surface area contributed by atoms with E-state index >= 15 is 0 Å². The fourth-order valence-electron chi connectivity index (χ4n) is 2.81. The minimum absolute atomic E-state index is 0.194. The zero-order valence-corrected chi connectivity index (χ0v) is 15.3. The van der Waals surface area contributed by atoms with E-state index in [2.05, 4.69) is 0 Å². The van der Waals surface area contributed by atoms with Crippen LogP contribution in [0.1, 0.15) is 18.5 Å². The van der Waals surface area contributed by atoms with E-state index in [9.17, 15) is 26.0 Å². The molecule has 0 aliphatic rings. The van der Waals surface area contributed by atoms with Gasteiger partial charge in [-0.1, -0.05) is 23.7 Å². The van der Waals surface area contributed by atoms with E-state index in [4.69, 9.17) is 11.6 Å². The molecule has 0 fully saturated rings. The van der Waals surface area contributed by atoms with Gasteiger partial charge in [0.25, 0.3) is 0 Å². The van der Waals surface area contributed by atoms with Gasteiger partial charge in [-0.2, -0.15) is 21.6 Å². The largest absolute Gasteiger partial charge is 0.516 e. The van der Waals surface area contributed by atoms with Gasteiger partial charge in [0, 0.05) is 16.6 Å². The van der Waals surface area contributed by atoms with Crippen molar-refractivity contribution in [1.82, 2.24) is 4.57 Å². The van der Waals surface area contributed by atoms with Gasteiger partial charge in [0.05, 0.1) is 17.2 Å². The molecular formula is C17H13ClF4N2O2S. The Hall–Kier alpha value is -2.26. The van der Waals surface area contributed by atoms with E-state index < -0.39 is 21.3 Å². The highest BCUT2D eigenvalue weighted by atomic mass is 35.5. The van der Waals surface area contributed by atoms with E-state index in [1.807, 2.05) is 0 Å². The average Bonchev–Trinajstić information content (AvgIpc) is 2.98. The second-order valence-corrected chi connectivity index (χ2v) is 7.94. The molecule has 0 spiro atoms. The summed E-state index contributed by atoms with van der Waals surface area (Å²) in [5, 5.41) is 0.494. The summed E-state index contributed by atoms with van der Waals surface area (Å²) in [7, 11) is -5.54. The summed E-state index contributed by atoms with van der Waals surface area (Å²) in [5.41, 5.74) is -4.52. The van der Waals surface area contributed by atoms with Gasteiger partial charge in [-0.25, -0.2) is 4.39 Å². The Morgan fingerprint density at radius 2 is 1.85 bits per heavy atom. The van der Waals surface area contributed by atoms with Crippen LogP contribution in [0.25, 0.3) is 10.9 Å². The number of anilines is 1. The van der Waals surface area contributed by atoms with E-state index in [1.165, 1.54) is 36.4 Å². The van der Waals surface area contributed by atoms with Crippen molar-refractivity contribution in [3.8, 4) is 0 Å². The number of aromatic nitrogens is 1. The molecule has 1 atom stereocenters. The zero-order valence-electron chi connectivity index (χ0n) is 13.8. The molecular weight excluding hydrogens is 408 g/mol.